The minimum absolute atomic E-state index is 0.0735. The van der Waals surface area contributed by atoms with Crippen LogP contribution >= 0.6 is 0 Å². The molecular formula is C28H51N3O2. The molecule has 2 unspecified atom stereocenters. The van der Waals surface area contributed by atoms with Crippen LogP contribution in [0.1, 0.15) is 87.0 Å². The molecule has 0 radical (unpaired) electrons. The molecule has 5 nitrogen and oxygen atoms in total. The molecule has 5 heteroatoms. The Labute approximate surface area is 204 Å². The normalized spacial score (nSPS) is 31.0. The fourth-order valence-electron chi connectivity index (χ4n) is 6.90. The molecule has 0 aromatic carbocycles. The van der Waals surface area contributed by atoms with Crippen LogP contribution < -0.4 is 5.32 Å². The second kappa shape index (κ2) is 13.2. The van der Waals surface area contributed by atoms with Crippen molar-refractivity contribution in [2.45, 2.75) is 87.0 Å². The zero-order chi connectivity index (χ0) is 25.2. The van der Waals surface area contributed by atoms with E-state index in [1.54, 1.807) is 0 Å². The number of carbonyl (C=O) groups is 2. The first-order valence-corrected chi connectivity index (χ1v) is 13.4. The molecule has 0 aromatic heterocycles. The molecule has 1 saturated heterocycles. The Morgan fingerprint density at radius 3 is 1.85 bits per heavy atom. The Morgan fingerprint density at radius 1 is 0.909 bits per heavy atom. The Hall–Kier alpha value is -1.78. The number of carbonyl (C=O) groups excluding carboxylic acids is 2. The minimum Gasteiger partial charge on any atom is -0.370 e. The summed E-state index contributed by atoms with van der Waals surface area (Å²) >= 11 is 0. The summed E-state index contributed by atoms with van der Waals surface area (Å²) in [6.45, 7) is 25.5. The second-order valence-corrected chi connectivity index (χ2v) is 9.82. The fraction of sp³-hybridized carbons (Fsp3) is 0.786. The highest BCUT2D eigenvalue weighted by molar-refractivity contribution is 5.87. The van der Waals surface area contributed by atoms with E-state index in [9.17, 15) is 9.59 Å². The SMILES string of the molecule is C=CC(=O)NCC(=C)N1CCN(C(=O)C23CC4CC(CC(C)(C4)C2)C3)CC1.CC.CC.CC. The Morgan fingerprint density at radius 2 is 1.39 bits per heavy atom. The largest absolute Gasteiger partial charge is 0.370 e. The van der Waals surface area contributed by atoms with Gasteiger partial charge in [-0.1, -0.05) is 61.6 Å². The van der Waals surface area contributed by atoms with Crippen molar-refractivity contribution in [2.75, 3.05) is 32.7 Å². The zero-order valence-electron chi connectivity index (χ0n) is 22.6. The summed E-state index contributed by atoms with van der Waals surface area (Å²) in [4.78, 5) is 29.2. The third-order valence-electron chi connectivity index (χ3n) is 7.47. The van der Waals surface area contributed by atoms with Gasteiger partial charge >= 0.3 is 0 Å². The summed E-state index contributed by atoms with van der Waals surface area (Å²) in [6.07, 6.45) is 8.65. The van der Waals surface area contributed by atoms with Crippen LogP contribution in [0.3, 0.4) is 0 Å². The van der Waals surface area contributed by atoms with Crippen molar-refractivity contribution in [1.82, 2.24) is 15.1 Å². The summed E-state index contributed by atoms with van der Waals surface area (Å²) in [5, 5.41) is 2.78. The highest BCUT2D eigenvalue weighted by Crippen LogP contribution is 2.65. The predicted octanol–water partition coefficient (Wildman–Crippen LogP) is 5.63. The smallest absolute Gasteiger partial charge is 0.243 e. The molecule has 2 atom stereocenters. The van der Waals surface area contributed by atoms with Crippen molar-refractivity contribution < 1.29 is 9.59 Å². The van der Waals surface area contributed by atoms with Crippen LogP contribution in [-0.2, 0) is 9.59 Å². The molecule has 190 valence electrons. The maximum atomic E-state index is 13.5. The van der Waals surface area contributed by atoms with Gasteiger partial charge in [0.05, 0.1) is 12.0 Å². The molecular weight excluding hydrogens is 410 g/mol. The van der Waals surface area contributed by atoms with E-state index >= 15 is 0 Å². The van der Waals surface area contributed by atoms with Crippen LogP contribution in [0.4, 0.5) is 0 Å². The lowest BCUT2D eigenvalue weighted by atomic mass is 9.44. The molecule has 1 N–H and O–H groups in total. The first-order valence-electron chi connectivity index (χ1n) is 13.4. The van der Waals surface area contributed by atoms with Crippen molar-refractivity contribution in [2.24, 2.45) is 22.7 Å². The summed E-state index contributed by atoms with van der Waals surface area (Å²) in [7, 11) is 0. The van der Waals surface area contributed by atoms with Gasteiger partial charge in [0.25, 0.3) is 0 Å². The van der Waals surface area contributed by atoms with Gasteiger partial charge in [-0.3, -0.25) is 9.59 Å². The third kappa shape index (κ3) is 6.86. The first-order chi connectivity index (χ1) is 15.8. The van der Waals surface area contributed by atoms with Crippen molar-refractivity contribution >= 4 is 11.8 Å². The van der Waals surface area contributed by atoms with Gasteiger partial charge in [0.15, 0.2) is 0 Å². The summed E-state index contributed by atoms with van der Waals surface area (Å²) in [5.41, 5.74) is 1.23. The van der Waals surface area contributed by atoms with E-state index in [1.807, 2.05) is 41.5 Å². The van der Waals surface area contributed by atoms with Gasteiger partial charge < -0.3 is 15.1 Å². The van der Waals surface area contributed by atoms with E-state index in [1.165, 1.54) is 25.3 Å². The van der Waals surface area contributed by atoms with Gasteiger partial charge in [0.1, 0.15) is 0 Å². The molecule has 0 aromatic rings. The topological polar surface area (TPSA) is 52.7 Å². The van der Waals surface area contributed by atoms with Crippen LogP contribution in [-0.4, -0.2) is 54.3 Å². The highest BCUT2D eigenvalue weighted by Gasteiger charge is 2.59. The molecule has 0 spiro atoms. The van der Waals surface area contributed by atoms with Crippen molar-refractivity contribution in [1.29, 1.82) is 0 Å². The van der Waals surface area contributed by atoms with E-state index in [0.29, 0.717) is 17.9 Å². The standard InChI is InChI=1S/C22H33N3O2.3C2H6/c1-4-19(26)23-14-16(2)24-5-7-25(8-6-24)20(27)22-12-17-9-18(13-22)11-21(3,10-17)15-22;3*1-2/h4,17-18H,1-2,5-15H2,3H3,(H,23,26);3*1-2H3. The van der Waals surface area contributed by atoms with E-state index in [0.717, 1.165) is 63.0 Å². The summed E-state index contributed by atoms with van der Waals surface area (Å²) in [5.74, 6) is 1.79. The zero-order valence-corrected chi connectivity index (χ0v) is 22.6. The molecule has 1 heterocycles. The lowest BCUT2D eigenvalue weighted by molar-refractivity contribution is -0.167. The maximum absolute atomic E-state index is 13.5. The lowest BCUT2D eigenvalue weighted by Crippen LogP contribution is -2.60. The molecule has 4 saturated carbocycles. The molecule has 1 aliphatic heterocycles. The van der Waals surface area contributed by atoms with E-state index in [4.69, 9.17) is 0 Å². The van der Waals surface area contributed by atoms with Gasteiger partial charge in [0.2, 0.25) is 11.8 Å². The van der Waals surface area contributed by atoms with E-state index in [2.05, 4.69) is 35.2 Å². The number of hydrogen-bond donors (Lipinski definition) is 1. The Balaban J connectivity index is 0.000000841. The van der Waals surface area contributed by atoms with Gasteiger partial charge in [-0.15, -0.1) is 0 Å². The van der Waals surface area contributed by atoms with Gasteiger partial charge in [-0.05, 0) is 61.9 Å². The third-order valence-corrected chi connectivity index (χ3v) is 7.47. The molecule has 5 fully saturated rings. The van der Waals surface area contributed by atoms with Crippen LogP contribution in [0.25, 0.3) is 0 Å². The van der Waals surface area contributed by atoms with E-state index < -0.39 is 0 Å². The summed E-state index contributed by atoms with van der Waals surface area (Å²) in [6, 6.07) is 0. The van der Waals surface area contributed by atoms with Crippen LogP contribution in [0.5, 0.6) is 0 Å². The maximum Gasteiger partial charge on any atom is 0.243 e. The molecule has 2 amide bonds. The van der Waals surface area contributed by atoms with Crippen LogP contribution in [0.15, 0.2) is 24.9 Å². The van der Waals surface area contributed by atoms with Gasteiger partial charge in [0, 0.05) is 31.9 Å². The highest BCUT2D eigenvalue weighted by atomic mass is 16.2. The average Bonchev–Trinajstić information content (AvgIpc) is 2.84. The number of amides is 2. The second-order valence-electron chi connectivity index (χ2n) is 9.82. The molecule has 4 aliphatic carbocycles. The first kappa shape index (κ1) is 29.3. The van der Waals surface area contributed by atoms with Crippen LogP contribution in [0.2, 0.25) is 0 Å². The minimum atomic E-state index is -0.180. The lowest BCUT2D eigenvalue weighted by Gasteiger charge is -2.61. The molecule has 5 aliphatic rings. The quantitative estimate of drug-likeness (QED) is 0.540. The monoisotopic (exact) mass is 461 g/mol. The number of hydrogen-bond acceptors (Lipinski definition) is 3. The van der Waals surface area contributed by atoms with Crippen molar-refractivity contribution in [3.8, 4) is 0 Å². The summed E-state index contributed by atoms with van der Waals surface area (Å²) < 4.78 is 0. The Kier molecular flexibility index (Phi) is 11.7. The predicted molar refractivity (Wildman–Crippen MR) is 140 cm³/mol. The molecule has 4 bridgehead atoms. The van der Waals surface area contributed by atoms with Gasteiger partial charge in [-0.2, -0.15) is 0 Å². The molecule has 33 heavy (non-hydrogen) atoms. The van der Waals surface area contributed by atoms with E-state index in [-0.39, 0.29) is 11.3 Å². The number of piperazine rings is 1. The van der Waals surface area contributed by atoms with Gasteiger partial charge in [-0.25, -0.2) is 0 Å². The number of nitrogens with one attached hydrogen (secondary N) is 1. The van der Waals surface area contributed by atoms with Crippen molar-refractivity contribution in [3.05, 3.63) is 24.9 Å². The number of nitrogens with zero attached hydrogens (tertiary/aromatic N) is 2. The van der Waals surface area contributed by atoms with Crippen LogP contribution in [0, 0.1) is 22.7 Å². The Bertz CT molecular complexity index is 650. The average molecular weight is 462 g/mol. The van der Waals surface area contributed by atoms with Crippen molar-refractivity contribution in [3.63, 3.8) is 0 Å². The fourth-order valence-corrected chi connectivity index (χ4v) is 6.90. The molecule has 5 rings (SSSR count). The number of rotatable bonds is 5.